The van der Waals surface area contributed by atoms with E-state index in [0.29, 0.717) is 23.1 Å². The average Bonchev–Trinajstić information content (AvgIpc) is 2.70. The molecule has 1 aromatic rings. The normalized spacial score (nSPS) is 23.9. The van der Waals surface area contributed by atoms with Crippen molar-refractivity contribution in [2.75, 3.05) is 6.61 Å². The van der Waals surface area contributed by atoms with Crippen molar-refractivity contribution in [2.45, 2.75) is 25.9 Å². The fourth-order valence-electron chi connectivity index (χ4n) is 2.14. The van der Waals surface area contributed by atoms with Gasteiger partial charge in [-0.05, 0) is 31.0 Å². The lowest BCUT2D eigenvalue weighted by Crippen LogP contribution is -2.23. The maximum Gasteiger partial charge on any atom is 0.142 e. The Bertz CT molecular complexity index is 431. The third-order valence-corrected chi connectivity index (χ3v) is 3.89. The lowest BCUT2D eigenvalue weighted by Gasteiger charge is -2.12. The fraction of sp³-hybridized carbons (Fsp3) is 0.462. The van der Waals surface area contributed by atoms with E-state index in [2.05, 4.69) is 0 Å². The maximum atomic E-state index is 12.1. The summed E-state index contributed by atoms with van der Waals surface area (Å²) in [5, 5.41) is 1.01. The number of hydrogen-bond acceptors (Lipinski definition) is 2. The predicted molar refractivity (Wildman–Crippen MR) is 68.7 cm³/mol. The average molecular weight is 273 g/mol. The standard InChI is InChI=1S/C13H14Cl2O2/c1-8-10(4-5-17-8)13(16)7-9-2-3-11(14)12(15)6-9/h2-3,6,8,10H,4-5,7H2,1H3. The maximum absolute atomic E-state index is 12.1. The Morgan fingerprint density at radius 1 is 1.41 bits per heavy atom. The molecule has 1 aliphatic heterocycles. The molecule has 0 saturated carbocycles. The molecule has 0 aliphatic carbocycles. The minimum absolute atomic E-state index is 0.0180. The third-order valence-electron chi connectivity index (χ3n) is 3.15. The summed E-state index contributed by atoms with van der Waals surface area (Å²) in [4.78, 5) is 12.1. The van der Waals surface area contributed by atoms with Gasteiger partial charge in [-0.2, -0.15) is 0 Å². The first-order chi connectivity index (χ1) is 8.08. The van der Waals surface area contributed by atoms with Crippen LogP contribution in [-0.4, -0.2) is 18.5 Å². The number of Topliss-reactive ketones (excluding diaryl/α,β-unsaturated/α-hetero) is 1. The molecule has 0 spiro atoms. The number of carbonyl (C=O) groups excluding carboxylic acids is 1. The van der Waals surface area contributed by atoms with Gasteiger partial charge in [0.15, 0.2) is 0 Å². The van der Waals surface area contributed by atoms with Gasteiger partial charge in [-0.25, -0.2) is 0 Å². The molecule has 92 valence electrons. The summed E-state index contributed by atoms with van der Waals surface area (Å²) >= 11 is 11.7. The van der Waals surface area contributed by atoms with Crippen LogP contribution in [0.4, 0.5) is 0 Å². The van der Waals surface area contributed by atoms with E-state index in [-0.39, 0.29) is 17.8 Å². The minimum Gasteiger partial charge on any atom is -0.378 e. The minimum atomic E-state index is 0.0180. The van der Waals surface area contributed by atoms with E-state index in [0.717, 1.165) is 12.0 Å². The van der Waals surface area contributed by atoms with Crippen LogP contribution in [0, 0.1) is 5.92 Å². The van der Waals surface area contributed by atoms with Gasteiger partial charge in [0, 0.05) is 18.9 Å². The van der Waals surface area contributed by atoms with Crippen molar-refractivity contribution in [3.8, 4) is 0 Å². The van der Waals surface area contributed by atoms with Crippen LogP contribution in [0.15, 0.2) is 18.2 Å². The second-order valence-electron chi connectivity index (χ2n) is 4.36. The molecule has 2 unspecified atom stereocenters. The molecule has 0 amide bonds. The van der Waals surface area contributed by atoms with Crippen molar-refractivity contribution in [3.05, 3.63) is 33.8 Å². The van der Waals surface area contributed by atoms with E-state index >= 15 is 0 Å². The van der Waals surface area contributed by atoms with E-state index < -0.39 is 0 Å². The third kappa shape index (κ3) is 3.01. The fourth-order valence-corrected chi connectivity index (χ4v) is 2.46. The van der Waals surface area contributed by atoms with Gasteiger partial charge in [-0.1, -0.05) is 29.3 Å². The SMILES string of the molecule is CC1OCCC1C(=O)Cc1ccc(Cl)c(Cl)c1. The second kappa shape index (κ2) is 5.38. The number of ether oxygens (including phenoxy) is 1. The molecule has 2 atom stereocenters. The van der Waals surface area contributed by atoms with E-state index in [1.54, 1.807) is 12.1 Å². The highest BCUT2D eigenvalue weighted by Gasteiger charge is 2.30. The van der Waals surface area contributed by atoms with Crippen molar-refractivity contribution in [1.82, 2.24) is 0 Å². The lowest BCUT2D eigenvalue weighted by molar-refractivity contribution is -0.123. The molecular formula is C13H14Cl2O2. The Morgan fingerprint density at radius 3 is 2.76 bits per heavy atom. The molecule has 0 N–H and O–H groups in total. The number of carbonyl (C=O) groups is 1. The number of hydrogen-bond donors (Lipinski definition) is 0. The molecule has 17 heavy (non-hydrogen) atoms. The van der Waals surface area contributed by atoms with Gasteiger partial charge in [0.1, 0.15) is 5.78 Å². The Morgan fingerprint density at radius 2 is 2.18 bits per heavy atom. The first kappa shape index (κ1) is 12.9. The summed E-state index contributed by atoms with van der Waals surface area (Å²) in [5.74, 6) is 0.234. The van der Waals surface area contributed by atoms with Crippen LogP contribution in [0.25, 0.3) is 0 Å². The van der Waals surface area contributed by atoms with E-state index in [1.807, 2.05) is 13.0 Å². The summed E-state index contributed by atoms with van der Waals surface area (Å²) in [7, 11) is 0. The van der Waals surface area contributed by atoms with Crippen molar-refractivity contribution >= 4 is 29.0 Å². The first-order valence-corrected chi connectivity index (χ1v) is 6.42. The van der Waals surface area contributed by atoms with Gasteiger partial charge in [-0.3, -0.25) is 4.79 Å². The molecule has 2 nitrogen and oxygen atoms in total. The molecule has 1 aliphatic rings. The van der Waals surface area contributed by atoms with Gasteiger partial charge in [0.05, 0.1) is 16.1 Å². The van der Waals surface area contributed by atoms with Crippen LogP contribution in [0.3, 0.4) is 0 Å². The number of rotatable bonds is 3. The van der Waals surface area contributed by atoms with Crippen LogP contribution in [0.5, 0.6) is 0 Å². The van der Waals surface area contributed by atoms with Crippen LogP contribution in [0.1, 0.15) is 18.9 Å². The number of benzene rings is 1. The summed E-state index contributed by atoms with van der Waals surface area (Å²) in [6.07, 6.45) is 1.25. The van der Waals surface area contributed by atoms with Gasteiger partial charge >= 0.3 is 0 Å². The van der Waals surface area contributed by atoms with Gasteiger partial charge in [0.2, 0.25) is 0 Å². The smallest absolute Gasteiger partial charge is 0.142 e. The van der Waals surface area contributed by atoms with Gasteiger partial charge in [0.25, 0.3) is 0 Å². The summed E-state index contributed by atoms with van der Waals surface area (Å²) < 4.78 is 5.40. The van der Waals surface area contributed by atoms with E-state index in [9.17, 15) is 4.79 Å². The molecule has 0 aromatic heterocycles. The predicted octanol–water partition coefficient (Wildman–Crippen LogP) is 3.53. The lowest BCUT2D eigenvalue weighted by atomic mass is 9.93. The van der Waals surface area contributed by atoms with E-state index in [1.165, 1.54) is 0 Å². The van der Waals surface area contributed by atoms with Crippen molar-refractivity contribution in [2.24, 2.45) is 5.92 Å². The molecule has 4 heteroatoms. The molecule has 1 heterocycles. The zero-order valence-corrected chi connectivity index (χ0v) is 11.1. The van der Waals surface area contributed by atoms with E-state index in [4.69, 9.17) is 27.9 Å². The monoisotopic (exact) mass is 272 g/mol. The summed E-state index contributed by atoms with van der Waals surface area (Å²) in [6.45, 7) is 2.63. The van der Waals surface area contributed by atoms with Gasteiger partial charge < -0.3 is 4.74 Å². The quantitative estimate of drug-likeness (QED) is 0.842. The first-order valence-electron chi connectivity index (χ1n) is 5.66. The highest BCUT2D eigenvalue weighted by molar-refractivity contribution is 6.42. The Hall–Kier alpha value is -0.570. The molecule has 1 saturated heterocycles. The second-order valence-corrected chi connectivity index (χ2v) is 5.18. The molecule has 2 rings (SSSR count). The molecular weight excluding hydrogens is 259 g/mol. The molecule has 1 fully saturated rings. The van der Waals surface area contributed by atoms with Crippen molar-refractivity contribution in [3.63, 3.8) is 0 Å². The van der Waals surface area contributed by atoms with Crippen LogP contribution in [0.2, 0.25) is 10.0 Å². The van der Waals surface area contributed by atoms with Crippen LogP contribution in [-0.2, 0) is 16.0 Å². The Balaban J connectivity index is 2.05. The highest BCUT2D eigenvalue weighted by atomic mass is 35.5. The molecule has 1 aromatic carbocycles. The highest BCUT2D eigenvalue weighted by Crippen LogP contribution is 2.26. The zero-order chi connectivity index (χ0) is 12.4. The van der Waals surface area contributed by atoms with Crippen LogP contribution >= 0.6 is 23.2 Å². The molecule has 0 radical (unpaired) electrons. The summed E-state index contributed by atoms with van der Waals surface area (Å²) in [6, 6.07) is 5.32. The summed E-state index contributed by atoms with van der Waals surface area (Å²) in [5.41, 5.74) is 0.906. The van der Waals surface area contributed by atoms with Crippen LogP contribution < -0.4 is 0 Å². The Labute approximate surface area is 111 Å². The van der Waals surface area contributed by atoms with Crippen molar-refractivity contribution in [1.29, 1.82) is 0 Å². The number of halogens is 2. The largest absolute Gasteiger partial charge is 0.378 e. The topological polar surface area (TPSA) is 26.3 Å². The van der Waals surface area contributed by atoms with Crippen molar-refractivity contribution < 1.29 is 9.53 Å². The zero-order valence-electron chi connectivity index (χ0n) is 9.58. The van der Waals surface area contributed by atoms with Gasteiger partial charge in [-0.15, -0.1) is 0 Å². The number of ketones is 1. The Kier molecular flexibility index (Phi) is 4.08. The molecule has 0 bridgehead atoms.